The number of benzene rings is 9. The third kappa shape index (κ3) is 3.67. The summed E-state index contributed by atoms with van der Waals surface area (Å²) in [6, 6.07) is 43.7. The van der Waals surface area contributed by atoms with Crippen LogP contribution in [0.25, 0.3) is 98.8 Å². The smallest absolute Gasteiger partial charge is 0.143 e. The van der Waals surface area contributed by atoms with E-state index in [2.05, 4.69) is 111 Å². The second-order valence-corrected chi connectivity index (χ2v) is 14.0. The molecule has 1 aromatic heterocycles. The van der Waals surface area contributed by atoms with Crippen LogP contribution in [0.15, 0.2) is 162 Å². The maximum Gasteiger partial charge on any atom is 0.143 e. The molecule has 1 nitrogen and oxygen atoms in total. The quantitative estimate of drug-likeness (QED) is 0.175. The zero-order valence-electron chi connectivity index (χ0n) is 32.5. The predicted octanol–water partition coefficient (Wildman–Crippen LogP) is 13.8. The average molecular weight is 642 g/mol. The van der Waals surface area contributed by atoms with E-state index in [1.807, 2.05) is 24.3 Å². The van der Waals surface area contributed by atoms with Crippen LogP contribution in [0, 0.1) is 0 Å². The van der Waals surface area contributed by atoms with Crippen molar-refractivity contribution in [1.82, 2.24) is 0 Å². The van der Waals surface area contributed by atoms with Crippen molar-refractivity contribution in [2.75, 3.05) is 0 Å². The topological polar surface area (TPSA) is 13.1 Å². The van der Waals surface area contributed by atoms with Crippen molar-refractivity contribution in [3.05, 3.63) is 169 Å². The van der Waals surface area contributed by atoms with E-state index in [1.165, 1.54) is 60.3 Å². The number of hydrogen-bond acceptors (Lipinski definition) is 1. The predicted molar refractivity (Wildman–Crippen MR) is 211 cm³/mol. The zero-order chi connectivity index (χ0) is 37.5. The summed E-state index contributed by atoms with van der Waals surface area (Å²) in [7, 11) is 0. The van der Waals surface area contributed by atoms with Gasteiger partial charge in [-0.2, -0.15) is 0 Å². The highest BCUT2D eigenvalue weighted by Crippen LogP contribution is 2.51. The largest absolute Gasteiger partial charge is 0.455 e. The third-order valence-electron chi connectivity index (χ3n) is 11.1. The highest BCUT2D eigenvalue weighted by molar-refractivity contribution is 6.29. The first-order chi connectivity index (χ1) is 26.6. The van der Waals surface area contributed by atoms with Crippen molar-refractivity contribution >= 4 is 54.3 Å². The van der Waals surface area contributed by atoms with E-state index in [0.29, 0.717) is 16.7 Å². The third-order valence-corrected chi connectivity index (χ3v) is 11.1. The lowest BCUT2D eigenvalue weighted by Gasteiger charge is -2.22. The standard InChI is InChI=1S/C49H32O/c1-49(2)42-16-7-6-12-36(42)37-25-22-32(28-43(37)49)33-23-18-30-21-27-40-35(24-19-31-20-26-39(33)45(30)46(31)40)38-14-9-17-44-47(38)41-15-8-13-34(48(41)50-44)29-10-4-3-5-11-29/h3-28H,1-2H3/i3D,4D,5D,10D,11D. The van der Waals surface area contributed by atoms with Crippen LogP contribution in [0.4, 0.5) is 0 Å². The van der Waals surface area contributed by atoms with Gasteiger partial charge in [0.2, 0.25) is 0 Å². The molecule has 10 aromatic rings. The maximum atomic E-state index is 8.69. The van der Waals surface area contributed by atoms with Crippen molar-refractivity contribution in [2.45, 2.75) is 19.3 Å². The molecule has 0 saturated heterocycles. The number of rotatable bonds is 3. The monoisotopic (exact) mass is 641 g/mol. The van der Waals surface area contributed by atoms with Gasteiger partial charge < -0.3 is 4.42 Å². The van der Waals surface area contributed by atoms with Gasteiger partial charge in [0, 0.05) is 21.8 Å². The first-order valence-electron chi connectivity index (χ1n) is 19.6. The Kier molecular flexibility index (Phi) is 4.61. The summed E-state index contributed by atoms with van der Waals surface area (Å²) in [4.78, 5) is 0. The summed E-state index contributed by atoms with van der Waals surface area (Å²) in [5.41, 5.74) is 11.5. The molecule has 0 spiro atoms. The fraction of sp³-hybridized carbons (Fsp3) is 0.0612. The first-order valence-corrected chi connectivity index (χ1v) is 17.1. The Labute approximate surface area is 297 Å². The van der Waals surface area contributed by atoms with E-state index in [-0.39, 0.29) is 35.1 Å². The molecule has 0 saturated carbocycles. The van der Waals surface area contributed by atoms with Gasteiger partial charge >= 0.3 is 0 Å². The highest BCUT2D eigenvalue weighted by Gasteiger charge is 2.35. The molecule has 50 heavy (non-hydrogen) atoms. The van der Waals surface area contributed by atoms with Gasteiger partial charge in [0.25, 0.3) is 0 Å². The molecule has 0 aliphatic heterocycles. The Bertz CT molecular complexity index is 3270. The van der Waals surface area contributed by atoms with Gasteiger partial charge in [-0.15, -0.1) is 0 Å². The van der Waals surface area contributed by atoms with Crippen molar-refractivity contribution in [2.24, 2.45) is 0 Å². The summed E-state index contributed by atoms with van der Waals surface area (Å²) in [6.07, 6.45) is 0. The fourth-order valence-electron chi connectivity index (χ4n) is 8.81. The van der Waals surface area contributed by atoms with E-state index in [1.54, 1.807) is 6.07 Å². The lowest BCUT2D eigenvalue weighted by molar-refractivity contribution is 0.660. The Morgan fingerprint density at radius 3 is 1.92 bits per heavy atom. The SMILES string of the molecule is [2H]c1c([2H])c([2H])c(-c2cccc3c2oc2cccc(-c4ccc5ccc6c(-c7ccc8c(c7)C(C)(C)c7ccccc7-8)ccc7ccc4c5c76)c23)c([2H])c1[2H]. The van der Waals surface area contributed by atoms with Crippen LogP contribution < -0.4 is 0 Å². The molecule has 1 heterocycles. The second kappa shape index (κ2) is 9.94. The molecule has 0 fully saturated rings. The molecule has 0 bridgehead atoms. The van der Waals surface area contributed by atoms with Crippen LogP contribution in [0.2, 0.25) is 0 Å². The van der Waals surface area contributed by atoms with Gasteiger partial charge in [-0.05, 0) is 94.5 Å². The van der Waals surface area contributed by atoms with E-state index in [0.717, 1.165) is 27.3 Å². The van der Waals surface area contributed by atoms with Crippen molar-refractivity contribution < 1.29 is 11.3 Å². The van der Waals surface area contributed by atoms with Crippen LogP contribution in [0.1, 0.15) is 31.8 Å². The van der Waals surface area contributed by atoms with Gasteiger partial charge in [0.1, 0.15) is 11.2 Å². The molecule has 0 atom stereocenters. The van der Waals surface area contributed by atoms with Gasteiger partial charge in [0.05, 0.1) is 6.85 Å². The number of para-hydroxylation sites is 1. The van der Waals surface area contributed by atoms with E-state index in [4.69, 9.17) is 11.3 Å². The van der Waals surface area contributed by atoms with Gasteiger partial charge in [0.15, 0.2) is 0 Å². The summed E-state index contributed by atoms with van der Waals surface area (Å²) < 4.78 is 48.6. The maximum absolute atomic E-state index is 8.69. The average Bonchev–Trinajstić information content (AvgIpc) is 3.71. The highest BCUT2D eigenvalue weighted by atomic mass is 16.3. The molecule has 1 aliphatic rings. The Balaban J connectivity index is 1.13. The molecule has 11 rings (SSSR count). The van der Waals surface area contributed by atoms with Crippen LogP contribution in [-0.4, -0.2) is 0 Å². The molecular formula is C49H32O. The van der Waals surface area contributed by atoms with Gasteiger partial charge in [-0.25, -0.2) is 0 Å². The molecule has 0 radical (unpaired) electrons. The van der Waals surface area contributed by atoms with Crippen molar-refractivity contribution in [3.8, 4) is 44.5 Å². The normalized spacial score (nSPS) is 15.0. The Morgan fingerprint density at radius 1 is 0.460 bits per heavy atom. The molecule has 0 amide bonds. The number of furan rings is 1. The lowest BCUT2D eigenvalue weighted by atomic mass is 9.81. The summed E-state index contributed by atoms with van der Waals surface area (Å²) >= 11 is 0. The van der Waals surface area contributed by atoms with Gasteiger partial charge in [-0.1, -0.05) is 159 Å². The molecule has 234 valence electrons. The second-order valence-electron chi connectivity index (χ2n) is 14.0. The summed E-state index contributed by atoms with van der Waals surface area (Å²) in [5.74, 6) is 0. The Morgan fingerprint density at radius 2 is 1.10 bits per heavy atom. The summed E-state index contributed by atoms with van der Waals surface area (Å²) in [6.45, 7) is 4.65. The first kappa shape index (κ1) is 23.2. The molecule has 9 aromatic carbocycles. The van der Waals surface area contributed by atoms with E-state index >= 15 is 0 Å². The minimum absolute atomic E-state index is 0.0889. The van der Waals surface area contributed by atoms with Crippen LogP contribution in [0.3, 0.4) is 0 Å². The summed E-state index contributed by atoms with van der Waals surface area (Å²) in [5, 5.41) is 8.93. The minimum Gasteiger partial charge on any atom is -0.455 e. The molecular weight excluding hydrogens is 605 g/mol. The molecule has 1 heteroatoms. The molecule has 0 unspecified atom stereocenters. The molecule has 1 aliphatic carbocycles. The molecule has 0 N–H and O–H groups in total. The van der Waals surface area contributed by atoms with Crippen LogP contribution in [0.5, 0.6) is 0 Å². The number of hydrogen-bond donors (Lipinski definition) is 0. The number of fused-ring (bicyclic) bond motifs is 6. The zero-order valence-corrected chi connectivity index (χ0v) is 27.5. The lowest BCUT2D eigenvalue weighted by Crippen LogP contribution is -2.14. The van der Waals surface area contributed by atoms with Crippen molar-refractivity contribution in [1.29, 1.82) is 0 Å². The van der Waals surface area contributed by atoms with Crippen molar-refractivity contribution in [3.63, 3.8) is 0 Å². The van der Waals surface area contributed by atoms with E-state index in [9.17, 15) is 0 Å². The fourth-order valence-corrected chi connectivity index (χ4v) is 8.81. The van der Waals surface area contributed by atoms with Crippen LogP contribution >= 0.6 is 0 Å². The van der Waals surface area contributed by atoms with E-state index < -0.39 is 6.04 Å². The Hall–Kier alpha value is -6.18. The minimum atomic E-state index is -0.416. The van der Waals surface area contributed by atoms with Gasteiger partial charge in [-0.3, -0.25) is 0 Å². The van der Waals surface area contributed by atoms with Crippen LogP contribution in [-0.2, 0) is 5.41 Å².